The van der Waals surface area contributed by atoms with E-state index in [9.17, 15) is 4.79 Å². The van der Waals surface area contributed by atoms with Gasteiger partial charge in [0.1, 0.15) is 6.61 Å². The minimum atomic E-state index is -0.138. The lowest BCUT2D eigenvalue weighted by molar-refractivity contribution is -0.136. The fourth-order valence-electron chi connectivity index (χ4n) is 1.76. The standard InChI is InChI=1S/C15H22O2/c1-12(2)6-4-7-13(3)8-5-9-14-10-11-17-15(14)16/h6,8,10H,4-5,7,9,11H2,1-3H3/b13-8+. The molecule has 2 heteroatoms. The summed E-state index contributed by atoms with van der Waals surface area (Å²) >= 11 is 0. The van der Waals surface area contributed by atoms with Crippen LogP contribution in [0.25, 0.3) is 0 Å². The first-order valence-electron chi connectivity index (χ1n) is 6.24. The molecule has 2 nitrogen and oxygen atoms in total. The second-order valence-electron chi connectivity index (χ2n) is 4.74. The lowest BCUT2D eigenvalue weighted by atomic mass is 10.1. The molecule has 0 spiro atoms. The lowest BCUT2D eigenvalue weighted by Crippen LogP contribution is -1.98. The van der Waals surface area contributed by atoms with Crippen molar-refractivity contribution in [2.45, 2.75) is 46.5 Å². The Hall–Kier alpha value is -1.31. The van der Waals surface area contributed by atoms with Gasteiger partial charge in [0.05, 0.1) is 0 Å². The van der Waals surface area contributed by atoms with E-state index in [4.69, 9.17) is 4.74 Å². The van der Waals surface area contributed by atoms with E-state index in [1.807, 2.05) is 6.08 Å². The summed E-state index contributed by atoms with van der Waals surface area (Å²) in [5, 5.41) is 0. The summed E-state index contributed by atoms with van der Waals surface area (Å²) in [5.74, 6) is -0.138. The molecule has 0 aromatic carbocycles. The molecule has 0 saturated heterocycles. The first kappa shape index (κ1) is 13.8. The van der Waals surface area contributed by atoms with Gasteiger partial charge in [-0.3, -0.25) is 0 Å². The molecule has 0 radical (unpaired) electrons. The van der Waals surface area contributed by atoms with E-state index in [1.165, 1.54) is 11.1 Å². The van der Waals surface area contributed by atoms with Crippen LogP contribution < -0.4 is 0 Å². The van der Waals surface area contributed by atoms with Crippen LogP contribution in [0.3, 0.4) is 0 Å². The molecule has 0 aromatic heterocycles. The number of rotatable bonds is 6. The molecule has 0 aromatic rings. The first-order valence-corrected chi connectivity index (χ1v) is 6.24. The van der Waals surface area contributed by atoms with Gasteiger partial charge in [0.2, 0.25) is 0 Å². The second-order valence-corrected chi connectivity index (χ2v) is 4.74. The molecular weight excluding hydrogens is 212 g/mol. The summed E-state index contributed by atoms with van der Waals surface area (Å²) < 4.78 is 4.85. The second kappa shape index (κ2) is 7.10. The Kier molecular flexibility index (Phi) is 5.75. The predicted octanol–water partition coefficient (Wildman–Crippen LogP) is 3.94. The number of carbonyl (C=O) groups is 1. The summed E-state index contributed by atoms with van der Waals surface area (Å²) in [6.07, 6.45) is 10.3. The largest absolute Gasteiger partial charge is 0.458 e. The number of hydrogen-bond acceptors (Lipinski definition) is 2. The Bertz CT molecular complexity index is 355. The molecule has 0 atom stereocenters. The summed E-state index contributed by atoms with van der Waals surface area (Å²) in [7, 11) is 0. The van der Waals surface area contributed by atoms with E-state index in [0.29, 0.717) is 6.61 Å². The maximum atomic E-state index is 11.2. The van der Waals surface area contributed by atoms with Gasteiger partial charge >= 0.3 is 5.97 Å². The molecule has 0 aliphatic carbocycles. The van der Waals surface area contributed by atoms with E-state index in [1.54, 1.807) is 0 Å². The number of cyclic esters (lactones) is 1. The van der Waals surface area contributed by atoms with Crippen LogP contribution in [-0.4, -0.2) is 12.6 Å². The smallest absolute Gasteiger partial charge is 0.334 e. The van der Waals surface area contributed by atoms with E-state index >= 15 is 0 Å². The average Bonchev–Trinajstić information content (AvgIpc) is 2.64. The van der Waals surface area contributed by atoms with Gasteiger partial charge in [-0.1, -0.05) is 23.3 Å². The van der Waals surface area contributed by atoms with Crippen molar-refractivity contribution in [2.24, 2.45) is 0 Å². The lowest BCUT2D eigenvalue weighted by Gasteiger charge is -2.00. The van der Waals surface area contributed by atoms with Gasteiger partial charge in [0, 0.05) is 5.57 Å². The zero-order chi connectivity index (χ0) is 12.7. The summed E-state index contributed by atoms with van der Waals surface area (Å²) in [6.45, 7) is 6.85. The minimum absolute atomic E-state index is 0.138. The molecule has 0 fully saturated rings. The highest BCUT2D eigenvalue weighted by molar-refractivity contribution is 5.90. The van der Waals surface area contributed by atoms with Crippen LogP contribution in [0.15, 0.2) is 34.9 Å². The van der Waals surface area contributed by atoms with E-state index < -0.39 is 0 Å². The number of esters is 1. The van der Waals surface area contributed by atoms with Crippen LogP contribution in [0, 0.1) is 0 Å². The number of allylic oxidation sites excluding steroid dienone is 4. The van der Waals surface area contributed by atoms with Crippen molar-refractivity contribution in [1.82, 2.24) is 0 Å². The molecule has 0 N–H and O–H groups in total. The van der Waals surface area contributed by atoms with Crippen molar-refractivity contribution in [3.8, 4) is 0 Å². The highest BCUT2D eigenvalue weighted by atomic mass is 16.5. The number of carbonyl (C=O) groups excluding carboxylic acids is 1. The van der Waals surface area contributed by atoms with Crippen LogP contribution in [0.2, 0.25) is 0 Å². The average molecular weight is 234 g/mol. The summed E-state index contributed by atoms with van der Waals surface area (Å²) in [6, 6.07) is 0. The third-order valence-corrected chi connectivity index (χ3v) is 2.80. The van der Waals surface area contributed by atoms with Crippen molar-refractivity contribution in [1.29, 1.82) is 0 Å². The number of ether oxygens (including phenoxy) is 1. The fraction of sp³-hybridized carbons (Fsp3) is 0.533. The Morgan fingerprint density at radius 3 is 2.65 bits per heavy atom. The van der Waals surface area contributed by atoms with Crippen LogP contribution in [0.5, 0.6) is 0 Å². The maximum Gasteiger partial charge on any atom is 0.334 e. The van der Waals surface area contributed by atoms with Crippen molar-refractivity contribution in [3.05, 3.63) is 34.9 Å². The highest BCUT2D eigenvalue weighted by Crippen LogP contribution is 2.15. The molecule has 17 heavy (non-hydrogen) atoms. The Morgan fingerprint density at radius 1 is 1.29 bits per heavy atom. The zero-order valence-electron chi connectivity index (χ0n) is 11.1. The fourth-order valence-corrected chi connectivity index (χ4v) is 1.76. The van der Waals surface area contributed by atoms with Crippen LogP contribution in [-0.2, 0) is 9.53 Å². The Labute approximate surface area is 104 Å². The quantitative estimate of drug-likeness (QED) is 0.514. The third kappa shape index (κ3) is 5.53. The zero-order valence-corrected chi connectivity index (χ0v) is 11.1. The van der Waals surface area contributed by atoms with Crippen molar-refractivity contribution in [3.63, 3.8) is 0 Å². The predicted molar refractivity (Wildman–Crippen MR) is 70.7 cm³/mol. The van der Waals surface area contributed by atoms with Gasteiger partial charge in [-0.15, -0.1) is 0 Å². The van der Waals surface area contributed by atoms with Crippen molar-refractivity contribution >= 4 is 5.97 Å². The maximum absolute atomic E-state index is 11.2. The third-order valence-electron chi connectivity index (χ3n) is 2.80. The SMILES string of the molecule is CC(C)=CCC/C(C)=C/CCC1=CCOC1=O. The van der Waals surface area contributed by atoms with Gasteiger partial charge < -0.3 is 4.74 Å². The van der Waals surface area contributed by atoms with Crippen molar-refractivity contribution in [2.75, 3.05) is 6.61 Å². The van der Waals surface area contributed by atoms with Crippen molar-refractivity contribution < 1.29 is 9.53 Å². The Balaban J connectivity index is 2.24. The molecule has 1 rings (SSSR count). The normalized spacial score (nSPS) is 15.6. The monoisotopic (exact) mass is 234 g/mol. The summed E-state index contributed by atoms with van der Waals surface area (Å²) in [4.78, 5) is 11.2. The molecule has 0 unspecified atom stereocenters. The van der Waals surface area contributed by atoms with E-state index in [2.05, 4.69) is 32.9 Å². The van der Waals surface area contributed by atoms with Gasteiger partial charge in [-0.05, 0) is 52.5 Å². The van der Waals surface area contributed by atoms with Crippen LogP contribution in [0.1, 0.15) is 46.5 Å². The molecule has 1 heterocycles. The van der Waals surface area contributed by atoms with E-state index in [0.717, 1.165) is 31.3 Å². The topological polar surface area (TPSA) is 26.3 Å². The van der Waals surface area contributed by atoms with Gasteiger partial charge in [-0.25, -0.2) is 4.79 Å². The van der Waals surface area contributed by atoms with Crippen LogP contribution in [0.4, 0.5) is 0 Å². The number of hydrogen-bond donors (Lipinski definition) is 0. The molecule has 1 aliphatic rings. The van der Waals surface area contributed by atoms with Gasteiger partial charge in [-0.2, -0.15) is 0 Å². The molecular formula is C15H22O2. The minimum Gasteiger partial charge on any atom is -0.458 e. The van der Waals surface area contributed by atoms with Gasteiger partial charge in [0.15, 0.2) is 0 Å². The molecule has 94 valence electrons. The molecule has 0 saturated carbocycles. The summed E-state index contributed by atoms with van der Waals surface area (Å²) in [5.41, 5.74) is 3.60. The molecule has 0 bridgehead atoms. The molecule has 1 aliphatic heterocycles. The van der Waals surface area contributed by atoms with E-state index in [-0.39, 0.29) is 5.97 Å². The Morgan fingerprint density at radius 2 is 2.06 bits per heavy atom. The highest BCUT2D eigenvalue weighted by Gasteiger charge is 2.14. The first-order chi connectivity index (χ1) is 8.09. The van der Waals surface area contributed by atoms with Crippen LogP contribution >= 0.6 is 0 Å². The van der Waals surface area contributed by atoms with Gasteiger partial charge in [0.25, 0.3) is 0 Å². The molecule has 0 amide bonds.